The number of halogens is 3. The lowest BCUT2D eigenvalue weighted by molar-refractivity contribution is -0.141. The van der Waals surface area contributed by atoms with Crippen molar-refractivity contribution in [3.8, 4) is 11.3 Å². The Morgan fingerprint density at radius 1 is 1.24 bits per heavy atom. The second kappa shape index (κ2) is 8.33. The second-order valence-electron chi connectivity index (χ2n) is 5.34. The number of nitrogens with one attached hydrogen (secondary N) is 1. The molecule has 1 unspecified atom stereocenters. The van der Waals surface area contributed by atoms with E-state index < -0.39 is 17.1 Å². The maximum absolute atomic E-state index is 13.1. The fourth-order valence-electron chi connectivity index (χ4n) is 1.98. The third-order valence-corrected chi connectivity index (χ3v) is 4.23. The molecule has 1 atom stereocenters. The van der Waals surface area contributed by atoms with E-state index in [0.29, 0.717) is 12.1 Å². The number of amides is 1. The van der Waals surface area contributed by atoms with Crippen LogP contribution in [-0.2, 0) is 11.0 Å². The monoisotopic (exact) mass is 369 g/mol. The molecule has 1 aromatic carbocycles. The van der Waals surface area contributed by atoms with Crippen LogP contribution in [0.15, 0.2) is 41.6 Å². The van der Waals surface area contributed by atoms with Crippen LogP contribution in [0.1, 0.15) is 26.0 Å². The van der Waals surface area contributed by atoms with Crippen molar-refractivity contribution in [1.82, 2.24) is 15.3 Å². The molecule has 8 heteroatoms. The summed E-state index contributed by atoms with van der Waals surface area (Å²) in [5.74, 6) is -0.255. The zero-order valence-electron chi connectivity index (χ0n) is 13.8. The van der Waals surface area contributed by atoms with E-state index in [4.69, 9.17) is 0 Å². The van der Waals surface area contributed by atoms with Crippen molar-refractivity contribution in [2.24, 2.45) is 0 Å². The van der Waals surface area contributed by atoms with Gasteiger partial charge in [0.25, 0.3) is 0 Å². The summed E-state index contributed by atoms with van der Waals surface area (Å²) < 4.78 is 39.4. The molecule has 0 bridgehead atoms. The first kappa shape index (κ1) is 19.2. The van der Waals surface area contributed by atoms with E-state index >= 15 is 0 Å². The number of alkyl halides is 3. The van der Waals surface area contributed by atoms with Gasteiger partial charge in [-0.1, -0.05) is 49.0 Å². The zero-order chi connectivity index (χ0) is 18.4. The molecule has 0 radical (unpaired) electrons. The van der Waals surface area contributed by atoms with Crippen LogP contribution in [-0.4, -0.2) is 27.7 Å². The number of hydrogen-bond acceptors (Lipinski definition) is 4. The van der Waals surface area contributed by atoms with E-state index in [9.17, 15) is 18.0 Å². The van der Waals surface area contributed by atoms with Gasteiger partial charge < -0.3 is 5.32 Å². The van der Waals surface area contributed by atoms with Gasteiger partial charge >= 0.3 is 6.18 Å². The van der Waals surface area contributed by atoms with Gasteiger partial charge in [-0.25, -0.2) is 9.97 Å². The minimum atomic E-state index is -4.59. The average Bonchev–Trinajstić information content (AvgIpc) is 2.59. The number of benzene rings is 1. The number of nitrogens with zero attached hydrogens (tertiary/aromatic N) is 2. The van der Waals surface area contributed by atoms with Crippen LogP contribution >= 0.6 is 11.8 Å². The second-order valence-corrected chi connectivity index (χ2v) is 6.64. The molecular weight excluding hydrogens is 351 g/mol. The van der Waals surface area contributed by atoms with E-state index in [1.807, 2.05) is 6.92 Å². The van der Waals surface area contributed by atoms with Gasteiger partial charge in [-0.2, -0.15) is 13.2 Å². The Morgan fingerprint density at radius 2 is 1.92 bits per heavy atom. The topological polar surface area (TPSA) is 54.9 Å². The highest BCUT2D eigenvalue weighted by Gasteiger charge is 2.34. The van der Waals surface area contributed by atoms with Crippen LogP contribution in [0.4, 0.5) is 13.2 Å². The van der Waals surface area contributed by atoms with Crippen molar-refractivity contribution in [2.75, 3.05) is 6.54 Å². The number of rotatable bonds is 6. The smallest absolute Gasteiger partial charge is 0.355 e. The summed E-state index contributed by atoms with van der Waals surface area (Å²) in [5, 5.41) is 2.03. The standard InChI is InChI=1S/C17H18F3N3OS/c1-3-9-21-15(24)11(2)25-16-22-13(12-7-5-4-6-8-12)10-14(23-16)17(18,19)20/h4-8,10-11H,3,9H2,1-2H3,(H,21,24). The third-order valence-electron chi connectivity index (χ3n) is 3.27. The van der Waals surface area contributed by atoms with Crippen molar-refractivity contribution in [2.45, 2.75) is 36.9 Å². The number of thioether (sulfide) groups is 1. The summed E-state index contributed by atoms with van der Waals surface area (Å²) in [7, 11) is 0. The Morgan fingerprint density at radius 3 is 2.52 bits per heavy atom. The molecule has 1 N–H and O–H groups in total. The molecule has 0 aliphatic heterocycles. The quantitative estimate of drug-likeness (QED) is 0.613. The summed E-state index contributed by atoms with van der Waals surface area (Å²) in [6.07, 6.45) is -3.81. The Balaban J connectivity index is 2.32. The largest absolute Gasteiger partial charge is 0.433 e. The minimum Gasteiger partial charge on any atom is -0.355 e. The van der Waals surface area contributed by atoms with Gasteiger partial charge in [-0.05, 0) is 19.4 Å². The number of carbonyl (C=O) groups excluding carboxylic acids is 1. The molecule has 0 aliphatic carbocycles. The molecule has 2 rings (SSSR count). The molecule has 25 heavy (non-hydrogen) atoms. The first-order chi connectivity index (χ1) is 11.8. The van der Waals surface area contributed by atoms with Gasteiger partial charge in [-0.15, -0.1) is 0 Å². The minimum absolute atomic E-state index is 0.0761. The Bertz CT molecular complexity index is 723. The summed E-state index contributed by atoms with van der Waals surface area (Å²) in [5.41, 5.74) is -0.294. The predicted octanol–water partition coefficient (Wildman–Crippen LogP) is 4.17. The van der Waals surface area contributed by atoms with E-state index in [1.54, 1.807) is 37.3 Å². The fourth-order valence-corrected chi connectivity index (χ4v) is 2.79. The maximum Gasteiger partial charge on any atom is 0.433 e. The first-order valence-electron chi connectivity index (χ1n) is 7.77. The van der Waals surface area contributed by atoms with Gasteiger partial charge in [0, 0.05) is 12.1 Å². The number of carbonyl (C=O) groups is 1. The molecule has 0 saturated carbocycles. The lowest BCUT2D eigenvalue weighted by Gasteiger charge is -2.13. The van der Waals surface area contributed by atoms with Crippen LogP contribution in [0.25, 0.3) is 11.3 Å². The van der Waals surface area contributed by atoms with Crippen LogP contribution in [0, 0.1) is 0 Å². The van der Waals surface area contributed by atoms with Crippen molar-refractivity contribution >= 4 is 17.7 Å². The van der Waals surface area contributed by atoms with Crippen molar-refractivity contribution < 1.29 is 18.0 Å². The van der Waals surface area contributed by atoms with E-state index in [1.165, 1.54) is 0 Å². The SMILES string of the molecule is CCCNC(=O)C(C)Sc1nc(-c2ccccc2)cc(C(F)(F)F)n1. The average molecular weight is 369 g/mol. The van der Waals surface area contributed by atoms with Gasteiger partial charge in [0.2, 0.25) is 5.91 Å². The van der Waals surface area contributed by atoms with Crippen LogP contribution in [0.5, 0.6) is 0 Å². The zero-order valence-corrected chi connectivity index (χ0v) is 14.6. The molecular formula is C17H18F3N3OS. The van der Waals surface area contributed by atoms with Crippen LogP contribution in [0.3, 0.4) is 0 Å². The van der Waals surface area contributed by atoms with Crippen LogP contribution < -0.4 is 5.32 Å². The molecule has 134 valence electrons. The fraction of sp³-hybridized carbons (Fsp3) is 0.353. The maximum atomic E-state index is 13.1. The van der Waals surface area contributed by atoms with Crippen molar-refractivity contribution in [1.29, 1.82) is 0 Å². The van der Waals surface area contributed by atoms with Crippen LogP contribution in [0.2, 0.25) is 0 Å². The van der Waals surface area contributed by atoms with E-state index in [2.05, 4.69) is 15.3 Å². The van der Waals surface area contributed by atoms with Gasteiger partial charge in [0.05, 0.1) is 10.9 Å². The molecule has 1 amide bonds. The Kier molecular flexibility index (Phi) is 6.41. The Labute approximate surface area is 148 Å². The lowest BCUT2D eigenvalue weighted by atomic mass is 10.1. The van der Waals surface area contributed by atoms with Gasteiger partial charge in [0.1, 0.15) is 5.69 Å². The molecule has 0 spiro atoms. The third kappa shape index (κ3) is 5.45. The molecule has 1 aromatic heterocycles. The predicted molar refractivity (Wildman–Crippen MR) is 91.1 cm³/mol. The summed E-state index contributed by atoms with van der Waals surface area (Å²) in [6.45, 7) is 4.05. The molecule has 0 aliphatic rings. The van der Waals surface area contributed by atoms with Gasteiger partial charge in [0.15, 0.2) is 5.16 Å². The number of aromatic nitrogens is 2. The highest BCUT2D eigenvalue weighted by atomic mass is 32.2. The molecule has 0 saturated heterocycles. The first-order valence-corrected chi connectivity index (χ1v) is 8.65. The highest BCUT2D eigenvalue weighted by Crippen LogP contribution is 2.32. The Hall–Kier alpha value is -2.09. The lowest BCUT2D eigenvalue weighted by Crippen LogP contribution is -2.31. The van der Waals surface area contributed by atoms with E-state index in [-0.39, 0.29) is 16.8 Å². The van der Waals surface area contributed by atoms with Crippen molar-refractivity contribution in [3.63, 3.8) is 0 Å². The summed E-state index contributed by atoms with van der Waals surface area (Å²) in [4.78, 5) is 19.7. The number of hydrogen-bond donors (Lipinski definition) is 1. The summed E-state index contributed by atoms with van der Waals surface area (Å²) in [6, 6.07) is 9.48. The molecule has 1 heterocycles. The molecule has 0 fully saturated rings. The van der Waals surface area contributed by atoms with Gasteiger partial charge in [-0.3, -0.25) is 4.79 Å². The van der Waals surface area contributed by atoms with Crippen molar-refractivity contribution in [3.05, 3.63) is 42.1 Å². The highest BCUT2D eigenvalue weighted by molar-refractivity contribution is 8.00. The van der Waals surface area contributed by atoms with E-state index in [0.717, 1.165) is 24.2 Å². The summed E-state index contributed by atoms with van der Waals surface area (Å²) >= 11 is 0.907. The molecule has 2 aromatic rings. The molecule has 4 nitrogen and oxygen atoms in total. The normalized spacial score (nSPS) is 12.7.